The average molecular weight is 344 g/mol. The maximum absolute atomic E-state index is 12.1. The molecule has 1 aliphatic heterocycles. The normalized spacial score (nSPS) is 14.3. The van der Waals surface area contributed by atoms with E-state index >= 15 is 0 Å². The van der Waals surface area contributed by atoms with Gasteiger partial charge in [0.1, 0.15) is 5.75 Å². The third-order valence-electron chi connectivity index (χ3n) is 3.96. The fraction of sp³-hybridized carbons (Fsp3) is 0.222. The minimum Gasteiger partial charge on any atom is -0.507 e. The van der Waals surface area contributed by atoms with Crippen LogP contribution in [-0.4, -0.2) is 30.3 Å². The molecule has 1 aliphatic rings. The molecule has 24 heavy (non-hydrogen) atoms. The Morgan fingerprint density at radius 3 is 2.58 bits per heavy atom. The zero-order valence-electron chi connectivity index (χ0n) is 13.1. The van der Waals surface area contributed by atoms with E-state index in [0.29, 0.717) is 16.1 Å². The highest BCUT2D eigenvalue weighted by Gasteiger charge is 2.12. The lowest BCUT2D eigenvalue weighted by molar-refractivity contribution is 0.0955. The van der Waals surface area contributed by atoms with Crippen LogP contribution in [0, 0.1) is 0 Å². The van der Waals surface area contributed by atoms with E-state index in [9.17, 15) is 9.90 Å². The van der Waals surface area contributed by atoms with Crippen molar-refractivity contribution >= 4 is 29.4 Å². The topological polar surface area (TPSA) is 64.9 Å². The first-order chi connectivity index (χ1) is 11.6. The van der Waals surface area contributed by atoms with Gasteiger partial charge in [-0.1, -0.05) is 11.6 Å². The van der Waals surface area contributed by atoms with Gasteiger partial charge in [-0.3, -0.25) is 4.79 Å². The monoisotopic (exact) mass is 343 g/mol. The lowest BCUT2D eigenvalue weighted by Crippen LogP contribution is -2.19. The number of phenols is 1. The standard InChI is InChI=1S/C18H18ClN3O2/c19-15-5-8-17(23)14(11-15)12-20-21-18(24)13-3-6-16(7-4-13)22-9-1-2-10-22/h3-8,11-12,23H,1-2,9-10H2,(H,21,24)/b20-12+. The van der Waals surface area contributed by atoms with Crippen molar-refractivity contribution in [3.05, 3.63) is 58.6 Å². The van der Waals surface area contributed by atoms with Crippen LogP contribution in [0.1, 0.15) is 28.8 Å². The van der Waals surface area contributed by atoms with Crippen molar-refractivity contribution < 1.29 is 9.90 Å². The van der Waals surface area contributed by atoms with E-state index in [4.69, 9.17) is 11.6 Å². The SMILES string of the molecule is O=C(N/N=C/c1cc(Cl)ccc1O)c1ccc(N2CCCC2)cc1. The van der Waals surface area contributed by atoms with Gasteiger partial charge in [0.05, 0.1) is 6.21 Å². The largest absolute Gasteiger partial charge is 0.507 e. The first kappa shape index (κ1) is 16.3. The van der Waals surface area contributed by atoms with Crippen molar-refractivity contribution in [2.24, 2.45) is 5.10 Å². The molecule has 124 valence electrons. The van der Waals surface area contributed by atoms with Gasteiger partial charge in [0.15, 0.2) is 0 Å². The lowest BCUT2D eigenvalue weighted by atomic mass is 10.2. The average Bonchev–Trinajstić information content (AvgIpc) is 3.12. The van der Waals surface area contributed by atoms with Gasteiger partial charge in [0, 0.05) is 34.9 Å². The van der Waals surface area contributed by atoms with Crippen LogP contribution in [0.25, 0.3) is 0 Å². The summed E-state index contributed by atoms with van der Waals surface area (Å²) in [7, 11) is 0. The summed E-state index contributed by atoms with van der Waals surface area (Å²) in [5.74, 6) is -0.256. The Morgan fingerprint density at radius 1 is 1.17 bits per heavy atom. The number of nitrogens with zero attached hydrogens (tertiary/aromatic N) is 2. The first-order valence-corrected chi connectivity index (χ1v) is 8.18. The molecule has 0 saturated carbocycles. The molecule has 3 rings (SSSR count). The molecular formula is C18H18ClN3O2. The number of carbonyl (C=O) groups excluding carboxylic acids is 1. The molecule has 2 aromatic rings. The number of hydrazone groups is 1. The number of amides is 1. The zero-order valence-corrected chi connectivity index (χ0v) is 13.8. The number of hydrogen-bond acceptors (Lipinski definition) is 4. The number of phenolic OH excluding ortho intramolecular Hbond substituents is 1. The Kier molecular flexibility index (Phi) is 5.01. The quantitative estimate of drug-likeness (QED) is 0.660. The van der Waals surface area contributed by atoms with Gasteiger partial charge in [-0.05, 0) is 55.3 Å². The second-order valence-electron chi connectivity index (χ2n) is 5.64. The van der Waals surface area contributed by atoms with Gasteiger partial charge in [-0.2, -0.15) is 5.10 Å². The Bertz CT molecular complexity index is 753. The molecular weight excluding hydrogens is 326 g/mol. The van der Waals surface area contributed by atoms with Crippen molar-refractivity contribution in [1.82, 2.24) is 5.43 Å². The molecule has 1 heterocycles. The molecule has 0 unspecified atom stereocenters. The molecule has 1 saturated heterocycles. The molecule has 1 fully saturated rings. The summed E-state index contributed by atoms with van der Waals surface area (Å²) in [5.41, 5.74) is 4.55. The number of aromatic hydroxyl groups is 1. The highest BCUT2D eigenvalue weighted by molar-refractivity contribution is 6.30. The van der Waals surface area contributed by atoms with Gasteiger partial charge >= 0.3 is 0 Å². The van der Waals surface area contributed by atoms with E-state index in [1.807, 2.05) is 12.1 Å². The molecule has 2 aromatic carbocycles. The van der Waals surface area contributed by atoms with Gasteiger partial charge < -0.3 is 10.0 Å². The van der Waals surface area contributed by atoms with Crippen molar-refractivity contribution in [3.63, 3.8) is 0 Å². The van der Waals surface area contributed by atoms with Crippen molar-refractivity contribution in [2.75, 3.05) is 18.0 Å². The van der Waals surface area contributed by atoms with Gasteiger partial charge in [-0.15, -0.1) is 0 Å². The predicted octanol–water partition coefficient (Wildman–Crippen LogP) is 3.41. The van der Waals surface area contributed by atoms with Crippen molar-refractivity contribution in [2.45, 2.75) is 12.8 Å². The van der Waals surface area contributed by atoms with Crippen molar-refractivity contribution in [3.8, 4) is 5.75 Å². The smallest absolute Gasteiger partial charge is 0.271 e. The minimum atomic E-state index is -0.305. The van der Waals surface area contributed by atoms with Crippen LogP contribution in [0.5, 0.6) is 5.75 Å². The Hall–Kier alpha value is -2.53. The second kappa shape index (κ2) is 7.36. The molecule has 0 radical (unpaired) electrons. The summed E-state index contributed by atoms with van der Waals surface area (Å²) >= 11 is 5.86. The van der Waals surface area contributed by atoms with Crippen LogP contribution in [0.2, 0.25) is 5.02 Å². The van der Waals surface area contributed by atoms with E-state index < -0.39 is 0 Å². The molecule has 0 aliphatic carbocycles. The Labute approximate surface area is 145 Å². The van der Waals surface area contributed by atoms with Crippen LogP contribution in [-0.2, 0) is 0 Å². The number of halogens is 1. The third-order valence-corrected chi connectivity index (χ3v) is 4.20. The van der Waals surface area contributed by atoms with Crippen LogP contribution in [0.3, 0.4) is 0 Å². The van der Waals surface area contributed by atoms with Crippen LogP contribution in [0.4, 0.5) is 5.69 Å². The fourth-order valence-electron chi connectivity index (χ4n) is 2.65. The molecule has 0 bridgehead atoms. The molecule has 0 atom stereocenters. The minimum absolute atomic E-state index is 0.0485. The molecule has 2 N–H and O–H groups in total. The first-order valence-electron chi connectivity index (χ1n) is 7.80. The number of benzene rings is 2. The van der Waals surface area contributed by atoms with E-state index in [1.165, 1.54) is 25.1 Å². The number of nitrogens with one attached hydrogen (secondary N) is 1. The maximum Gasteiger partial charge on any atom is 0.271 e. The second-order valence-corrected chi connectivity index (χ2v) is 6.08. The van der Waals surface area contributed by atoms with Crippen LogP contribution < -0.4 is 10.3 Å². The Morgan fingerprint density at radius 2 is 1.88 bits per heavy atom. The number of carbonyl (C=O) groups is 1. The summed E-state index contributed by atoms with van der Waals surface area (Å²) in [6.07, 6.45) is 3.79. The van der Waals surface area contributed by atoms with E-state index in [1.54, 1.807) is 24.3 Å². The summed E-state index contributed by atoms with van der Waals surface area (Å²) in [4.78, 5) is 14.4. The van der Waals surface area contributed by atoms with Gasteiger partial charge in [0.25, 0.3) is 5.91 Å². The number of anilines is 1. The number of hydrogen-bond donors (Lipinski definition) is 2. The van der Waals surface area contributed by atoms with Gasteiger partial charge in [0.2, 0.25) is 0 Å². The fourth-order valence-corrected chi connectivity index (χ4v) is 2.83. The van der Waals surface area contributed by atoms with Crippen LogP contribution in [0.15, 0.2) is 47.6 Å². The summed E-state index contributed by atoms with van der Waals surface area (Å²) in [6.45, 7) is 2.14. The summed E-state index contributed by atoms with van der Waals surface area (Å²) in [5, 5.41) is 14.0. The highest BCUT2D eigenvalue weighted by atomic mass is 35.5. The van der Waals surface area contributed by atoms with Gasteiger partial charge in [-0.25, -0.2) is 5.43 Å². The van der Waals surface area contributed by atoms with Crippen LogP contribution >= 0.6 is 11.6 Å². The Balaban J connectivity index is 1.62. The predicted molar refractivity (Wildman–Crippen MR) is 96.1 cm³/mol. The molecule has 6 heteroatoms. The zero-order chi connectivity index (χ0) is 16.9. The molecule has 5 nitrogen and oxygen atoms in total. The summed E-state index contributed by atoms with van der Waals surface area (Å²) < 4.78 is 0. The van der Waals surface area contributed by atoms with E-state index in [2.05, 4.69) is 15.4 Å². The third kappa shape index (κ3) is 3.86. The number of rotatable bonds is 4. The molecule has 1 amide bonds. The highest BCUT2D eigenvalue weighted by Crippen LogP contribution is 2.21. The van der Waals surface area contributed by atoms with E-state index in [-0.39, 0.29) is 11.7 Å². The van der Waals surface area contributed by atoms with E-state index in [0.717, 1.165) is 18.8 Å². The lowest BCUT2D eigenvalue weighted by Gasteiger charge is -2.17. The summed E-state index contributed by atoms with van der Waals surface area (Å²) in [6, 6.07) is 12.1. The molecule has 0 aromatic heterocycles. The van der Waals surface area contributed by atoms with Crippen molar-refractivity contribution in [1.29, 1.82) is 0 Å². The maximum atomic E-state index is 12.1. The molecule has 0 spiro atoms.